The number of halogens is 3. The van der Waals surface area contributed by atoms with Crippen molar-refractivity contribution in [1.82, 2.24) is 4.72 Å². The van der Waals surface area contributed by atoms with E-state index in [1.807, 2.05) is 0 Å². The second-order valence-corrected chi connectivity index (χ2v) is 7.12. The Hall–Kier alpha value is -2.77. The molecular weight excluding hydrogens is 404 g/mol. The monoisotopic (exact) mass is 417 g/mol. The van der Waals surface area contributed by atoms with Crippen LogP contribution in [-0.2, 0) is 6.54 Å². The first-order valence-electron chi connectivity index (χ1n) is 8.34. The quantitative estimate of drug-likeness (QED) is 0.512. The summed E-state index contributed by atoms with van der Waals surface area (Å²) >= 11 is 7.38. The predicted octanol–water partition coefficient (Wildman–Crippen LogP) is 5.99. The molecule has 0 spiro atoms. The fourth-order valence-corrected chi connectivity index (χ4v) is 3.47. The zero-order valence-electron chi connectivity index (χ0n) is 14.4. The maximum atomic E-state index is 14.5. The molecule has 4 nitrogen and oxygen atoms in total. The maximum Gasteiger partial charge on any atom is 0.206 e. The van der Waals surface area contributed by atoms with E-state index in [2.05, 4.69) is 15.0 Å². The number of hydrogen-bond donors (Lipinski definition) is 2. The van der Waals surface area contributed by atoms with E-state index in [4.69, 9.17) is 16.3 Å². The topological polar surface area (TPSA) is 45.7 Å². The molecule has 0 saturated heterocycles. The van der Waals surface area contributed by atoms with Gasteiger partial charge in [-0.1, -0.05) is 41.9 Å². The molecule has 8 heteroatoms. The summed E-state index contributed by atoms with van der Waals surface area (Å²) in [4.78, 5) is 5.07. The van der Waals surface area contributed by atoms with E-state index in [0.29, 0.717) is 28.0 Å². The normalized spacial score (nSPS) is 14.2. The summed E-state index contributed by atoms with van der Waals surface area (Å²) in [6.45, 7) is 0.133. The average Bonchev–Trinajstić information content (AvgIpc) is 2.71. The van der Waals surface area contributed by atoms with Gasteiger partial charge in [-0.25, -0.2) is 13.8 Å². The minimum atomic E-state index is -0.540. The Morgan fingerprint density at radius 1 is 0.964 bits per heavy atom. The lowest BCUT2D eigenvalue weighted by Gasteiger charge is -2.23. The molecule has 0 atom stereocenters. The smallest absolute Gasteiger partial charge is 0.206 e. The highest BCUT2D eigenvalue weighted by molar-refractivity contribution is 7.98. The largest absolute Gasteiger partial charge is 0.450 e. The summed E-state index contributed by atoms with van der Waals surface area (Å²) in [6.07, 6.45) is 0. The van der Waals surface area contributed by atoms with Crippen LogP contribution in [0.25, 0.3) is 0 Å². The van der Waals surface area contributed by atoms with E-state index >= 15 is 0 Å². The number of para-hydroxylation sites is 1. The molecule has 1 heterocycles. The molecule has 2 N–H and O–H groups in total. The van der Waals surface area contributed by atoms with Crippen LogP contribution < -0.4 is 14.8 Å². The molecule has 1 aliphatic heterocycles. The molecule has 0 fully saturated rings. The van der Waals surface area contributed by atoms with Gasteiger partial charge in [0.2, 0.25) is 5.96 Å². The van der Waals surface area contributed by atoms with Crippen LogP contribution in [0.3, 0.4) is 0 Å². The van der Waals surface area contributed by atoms with Gasteiger partial charge in [-0.05, 0) is 42.3 Å². The Labute approximate surface area is 169 Å². The van der Waals surface area contributed by atoms with E-state index in [-0.39, 0.29) is 18.1 Å². The number of nitrogens with one attached hydrogen (secondary N) is 2. The minimum absolute atomic E-state index is 0.0122. The summed E-state index contributed by atoms with van der Waals surface area (Å²) in [5.41, 5.74) is 0.886. The van der Waals surface area contributed by atoms with Crippen molar-refractivity contribution in [2.75, 3.05) is 5.32 Å². The standard InChI is InChI=1S/C20H14ClF2N3OS/c21-13-6-2-4-8-16(13)27-19-15(23)9-10-17-18(19)25-20(26-28-17)24-11-12-5-1-3-7-14(12)22/h1-10H,11H2,(H2,24,25,26). The third kappa shape index (κ3) is 3.90. The number of ether oxygens (including phenoxy) is 1. The molecule has 0 bridgehead atoms. The van der Waals surface area contributed by atoms with Gasteiger partial charge in [0, 0.05) is 5.56 Å². The lowest BCUT2D eigenvalue weighted by Crippen LogP contribution is -2.29. The second kappa shape index (κ2) is 8.08. The molecule has 0 aromatic heterocycles. The first-order chi connectivity index (χ1) is 13.6. The van der Waals surface area contributed by atoms with Gasteiger partial charge in [-0.15, -0.1) is 0 Å². The zero-order chi connectivity index (χ0) is 19.5. The summed E-state index contributed by atoms with van der Waals surface area (Å²) in [5.74, 6) is -0.146. The van der Waals surface area contributed by atoms with Crippen molar-refractivity contribution in [1.29, 1.82) is 0 Å². The summed E-state index contributed by atoms with van der Waals surface area (Å²) in [7, 11) is 0. The van der Waals surface area contributed by atoms with Gasteiger partial charge in [0.1, 0.15) is 17.3 Å². The highest BCUT2D eigenvalue weighted by Gasteiger charge is 2.22. The third-order valence-electron chi connectivity index (χ3n) is 3.99. The number of aliphatic imine (C=N–C) groups is 1. The maximum absolute atomic E-state index is 14.5. The van der Waals surface area contributed by atoms with Crippen molar-refractivity contribution in [2.24, 2.45) is 4.99 Å². The Morgan fingerprint density at radius 3 is 2.57 bits per heavy atom. The van der Waals surface area contributed by atoms with Gasteiger partial charge in [0.05, 0.1) is 16.5 Å². The lowest BCUT2D eigenvalue weighted by atomic mass is 10.2. The van der Waals surface area contributed by atoms with Crippen LogP contribution in [0.2, 0.25) is 5.02 Å². The Morgan fingerprint density at radius 2 is 1.75 bits per heavy atom. The fraction of sp³-hybridized carbons (Fsp3) is 0.0500. The van der Waals surface area contributed by atoms with Crippen molar-refractivity contribution >= 4 is 35.2 Å². The van der Waals surface area contributed by atoms with E-state index in [0.717, 1.165) is 4.90 Å². The van der Waals surface area contributed by atoms with Gasteiger partial charge in [0.15, 0.2) is 11.6 Å². The molecule has 4 rings (SSSR count). The summed E-state index contributed by atoms with van der Waals surface area (Å²) < 4.78 is 37.0. The van der Waals surface area contributed by atoms with Crippen LogP contribution in [0.1, 0.15) is 5.56 Å². The molecule has 0 radical (unpaired) electrons. The number of hydrogen-bond acceptors (Lipinski definition) is 3. The van der Waals surface area contributed by atoms with Crippen molar-refractivity contribution < 1.29 is 13.5 Å². The molecule has 0 aliphatic carbocycles. The SMILES string of the molecule is Fc1ccccc1CN=C1NSc2ccc(F)c(Oc3ccccc3Cl)c2N1. The number of fused-ring (bicyclic) bond motifs is 1. The van der Waals surface area contributed by atoms with E-state index in [9.17, 15) is 8.78 Å². The van der Waals surface area contributed by atoms with E-state index in [1.54, 1.807) is 48.5 Å². The van der Waals surface area contributed by atoms with Crippen molar-refractivity contribution in [2.45, 2.75) is 11.4 Å². The van der Waals surface area contributed by atoms with Crippen LogP contribution >= 0.6 is 23.5 Å². The van der Waals surface area contributed by atoms with Crippen molar-refractivity contribution in [3.63, 3.8) is 0 Å². The van der Waals surface area contributed by atoms with Gasteiger partial charge in [-0.3, -0.25) is 4.72 Å². The molecule has 0 unspecified atom stereocenters. The number of anilines is 1. The van der Waals surface area contributed by atoms with E-state index in [1.165, 1.54) is 24.1 Å². The highest BCUT2D eigenvalue weighted by atomic mass is 35.5. The molecule has 0 saturated carbocycles. The molecule has 3 aromatic carbocycles. The van der Waals surface area contributed by atoms with Crippen molar-refractivity contribution in [3.05, 3.63) is 82.9 Å². The molecule has 0 amide bonds. The first kappa shape index (κ1) is 18.6. The molecule has 142 valence electrons. The van der Waals surface area contributed by atoms with Crippen molar-refractivity contribution in [3.8, 4) is 11.5 Å². The number of rotatable bonds is 4. The Bertz CT molecular complexity index is 1060. The van der Waals surface area contributed by atoms with Crippen LogP contribution in [0.15, 0.2) is 70.6 Å². The van der Waals surface area contributed by atoms with Crippen LogP contribution in [0, 0.1) is 11.6 Å². The van der Waals surface area contributed by atoms with Crippen LogP contribution in [0.5, 0.6) is 11.5 Å². The predicted molar refractivity (Wildman–Crippen MR) is 108 cm³/mol. The molecular formula is C20H14ClF2N3OS. The molecule has 3 aromatic rings. The fourth-order valence-electron chi connectivity index (χ4n) is 2.59. The second-order valence-electron chi connectivity index (χ2n) is 5.87. The lowest BCUT2D eigenvalue weighted by molar-refractivity contribution is 0.443. The Kier molecular flexibility index (Phi) is 5.36. The zero-order valence-corrected chi connectivity index (χ0v) is 16.0. The Balaban J connectivity index is 1.62. The van der Waals surface area contributed by atoms with Gasteiger partial charge < -0.3 is 10.1 Å². The molecule has 1 aliphatic rings. The summed E-state index contributed by atoms with van der Waals surface area (Å²) in [5, 5.41) is 3.39. The summed E-state index contributed by atoms with van der Waals surface area (Å²) in [6, 6.07) is 16.2. The van der Waals surface area contributed by atoms with Crippen LogP contribution in [-0.4, -0.2) is 5.96 Å². The number of nitrogens with zero attached hydrogens (tertiary/aromatic N) is 1. The van der Waals surface area contributed by atoms with E-state index < -0.39 is 5.82 Å². The van der Waals surface area contributed by atoms with Crippen LogP contribution in [0.4, 0.5) is 14.5 Å². The third-order valence-corrected chi connectivity index (χ3v) is 5.15. The number of benzene rings is 3. The average molecular weight is 418 g/mol. The number of guanidine groups is 1. The minimum Gasteiger partial charge on any atom is -0.450 e. The first-order valence-corrected chi connectivity index (χ1v) is 9.54. The van der Waals surface area contributed by atoms with Gasteiger partial charge in [0.25, 0.3) is 0 Å². The van der Waals surface area contributed by atoms with Gasteiger partial charge in [-0.2, -0.15) is 0 Å². The molecule has 28 heavy (non-hydrogen) atoms. The highest BCUT2D eigenvalue weighted by Crippen LogP contribution is 2.42. The van der Waals surface area contributed by atoms with Gasteiger partial charge >= 0.3 is 0 Å².